The van der Waals surface area contributed by atoms with Crippen molar-refractivity contribution in [2.45, 2.75) is 31.8 Å². The van der Waals surface area contributed by atoms with Crippen LogP contribution >= 0.6 is 0 Å². The number of phenolic OH excluding ortho intramolecular Hbond substituents is 1. The minimum Gasteiger partial charge on any atom is -0.507 e. The zero-order valence-corrected chi connectivity index (χ0v) is 15.1. The van der Waals surface area contributed by atoms with Gasteiger partial charge in [0.15, 0.2) is 0 Å². The normalized spacial score (nSPS) is 24.0. The standard InChI is InChI=1S/C20H27N5O/c1-12-19-15(10-16(21)14-4-2-3-5-18(14)26)20(22)24-17(19)7-9-25(12)13-6-8-23-11-13/h2-5,10,12-13,23-24,26H,6-9,11,21-22H2,1H3/b16-10-. The van der Waals surface area contributed by atoms with Gasteiger partial charge in [0.1, 0.15) is 11.6 Å². The molecule has 4 rings (SSSR count). The van der Waals surface area contributed by atoms with Crippen LogP contribution in [0.3, 0.4) is 0 Å². The van der Waals surface area contributed by atoms with E-state index in [4.69, 9.17) is 11.5 Å². The number of benzene rings is 1. The molecule has 2 unspecified atom stereocenters. The summed E-state index contributed by atoms with van der Waals surface area (Å²) >= 11 is 0. The minimum absolute atomic E-state index is 0.177. The maximum atomic E-state index is 10.1. The third-order valence-electron chi connectivity index (χ3n) is 5.74. The van der Waals surface area contributed by atoms with Crippen molar-refractivity contribution >= 4 is 17.6 Å². The lowest BCUT2D eigenvalue weighted by Crippen LogP contribution is -2.42. The van der Waals surface area contributed by atoms with Gasteiger partial charge in [-0.3, -0.25) is 4.90 Å². The van der Waals surface area contributed by atoms with Gasteiger partial charge in [0.05, 0.1) is 0 Å². The van der Waals surface area contributed by atoms with E-state index in [0.29, 0.717) is 23.1 Å². The van der Waals surface area contributed by atoms with E-state index in [0.717, 1.165) is 31.6 Å². The molecule has 138 valence electrons. The first kappa shape index (κ1) is 17.0. The van der Waals surface area contributed by atoms with Crippen LogP contribution in [-0.4, -0.2) is 40.7 Å². The summed E-state index contributed by atoms with van der Waals surface area (Å²) in [7, 11) is 0. The number of nitrogens with zero attached hydrogens (tertiary/aromatic N) is 1. The van der Waals surface area contributed by atoms with Crippen molar-refractivity contribution in [1.29, 1.82) is 0 Å². The predicted octanol–water partition coefficient (Wildman–Crippen LogP) is 2.04. The Balaban J connectivity index is 1.72. The molecule has 1 fully saturated rings. The SMILES string of the molecule is CC1c2c([nH]c(N)c2/C=C(\N)c2ccccc2O)CCN1C1CCNC1. The van der Waals surface area contributed by atoms with Crippen LogP contribution in [0.1, 0.15) is 41.8 Å². The summed E-state index contributed by atoms with van der Waals surface area (Å²) in [6.45, 7) is 5.42. The van der Waals surface area contributed by atoms with E-state index in [9.17, 15) is 5.11 Å². The Labute approximate surface area is 153 Å². The molecule has 26 heavy (non-hydrogen) atoms. The molecule has 6 heteroatoms. The molecule has 1 aromatic heterocycles. The summed E-state index contributed by atoms with van der Waals surface area (Å²) in [5.74, 6) is 0.822. The van der Waals surface area contributed by atoms with Gasteiger partial charge >= 0.3 is 0 Å². The van der Waals surface area contributed by atoms with Crippen molar-refractivity contribution in [3.63, 3.8) is 0 Å². The highest BCUT2D eigenvalue weighted by Gasteiger charge is 2.34. The number of rotatable bonds is 3. The number of para-hydroxylation sites is 1. The van der Waals surface area contributed by atoms with Gasteiger partial charge in [0.2, 0.25) is 0 Å². The van der Waals surface area contributed by atoms with Gasteiger partial charge in [-0.25, -0.2) is 0 Å². The predicted molar refractivity (Wildman–Crippen MR) is 105 cm³/mol. The number of hydrogen-bond donors (Lipinski definition) is 5. The molecule has 2 aliphatic rings. The zero-order chi connectivity index (χ0) is 18.3. The first-order chi connectivity index (χ1) is 12.6. The van der Waals surface area contributed by atoms with Crippen LogP contribution < -0.4 is 16.8 Å². The molecule has 0 bridgehead atoms. The molecule has 0 radical (unpaired) electrons. The molecular formula is C20H27N5O. The maximum absolute atomic E-state index is 10.1. The van der Waals surface area contributed by atoms with Crippen LogP contribution in [0.25, 0.3) is 11.8 Å². The van der Waals surface area contributed by atoms with Crippen LogP contribution in [0.5, 0.6) is 5.75 Å². The van der Waals surface area contributed by atoms with E-state index in [1.807, 2.05) is 18.2 Å². The van der Waals surface area contributed by atoms with E-state index in [1.165, 1.54) is 17.7 Å². The number of aromatic nitrogens is 1. The Bertz CT molecular complexity index is 835. The second-order valence-corrected chi connectivity index (χ2v) is 7.27. The van der Waals surface area contributed by atoms with Crippen molar-refractivity contribution in [1.82, 2.24) is 15.2 Å². The third-order valence-corrected chi connectivity index (χ3v) is 5.74. The lowest BCUT2D eigenvalue weighted by atomic mass is 9.93. The zero-order valence-electron chi connectivity index (χ0n) is 15.1. The number of aromatic amines is 1. The van der Waals surface area contributed by atoms with Crippen molar-refractivity contribution in [2.75, 3.05) is 25.4 Å². The fourth-order valence-electron chi connectivity index (χ4n) is 4.41. The molecular weight excluding hydrogens is 326 g/mol. The Kier molecular flexibility index (Phi) is 4.38. The minimum atomic E-state index is 0.177. The average Bonchev–Trinajstić information content (AvgIpc) is 3.25. The number of H-pyrrole nitrogens is 1. The number of nitrogen functional groups attached to an aromatic ring is 1. The van der Waals surface area contributed by atoms with Gasteiger partial charge in [0.25, 0.3) is 0 Å². The number of hydrogen-bond acceptors (Lipinski definition) is 5. The summed E-state index contributed by atoms with van der Waals surface area (Å²) < 4.78 is 0. The quantitative estimate of drug-likeness (QED) is 0.581. The van der Waals surface area contributed by atoms with Crippen LogP contribution in [0, 0.1) is 0 Å². The summed E-state index contributed by atoms with van der Waals surface area (Å²) in [4.78, 5) is 5.92. The van der Waals surface area contributed by atoms with E-state index in [2.05, 4.69) is 22.1 Å². The molecule has 2 aliphatic heterocycles. The fraction of sp³-hybridized carbons (Fsp3) is 0.400. The number of nitrogens with one attached hydrogen (secondary N) is 2. The highest BCUT2D eigenvalue weighted by Crippen LogP contribution is 2.38. The summed E-state index contributed by atoms with van der Waals surface area (Å²) in [5.41, 5.74) is 17.1. The Morgan fingerprint density at radius 1 is 1.35 bits per heavy atom. The highest BCUT2D eigenvalue weighted by atomic mass is 16.3. The molecule has 0 amide bonds. The van der Waals surface area contributed by atoms with Gasteiger partial charge in [-0.15, -0.1) is 0 Å². The second-order valence-electron chi connectivity index (χ2n) is 7.27. The van der Waals surface area contributed by atoms with Crippen LogP contribution in [0.15, 0.2) is 24.3 Å². The lowest BCUT2D eigenvalue weighted by molar-refractivity contribution is 0.143. The van der Waals surface area contributed by atoms with Gasteiger partial charge in [0, 0.05) is 54.1 Å². The topological polar surface area (TPSA) is 103 Å². The molecule has 1 saturated heterocycles. The molecule has 7 N–H and O–H groups in total. The largest absolute Gasteiger partial charge is 0.507 e. The molecule has 1 aromatic carbocycles. The molecule has 6 nitrogen and oxygen atoms in total. The summed E-state index contributed by atoms with van der Waals surface area (Å²) in [6.07, 6.45) is 4.04. The second kappa shape index (κ2) is 6.70. The van der Waals surface area contributed by atoms with Crippen molar-refractivity contribution in [3.8, 4) is 5.75 Å². The van der Waals surface area contributed by atoms with Crippen molar-refractivity contribution in [3.05, 3.63) is 46.6 Å². The molecule has 2 aromatic rings. The first-order valence-corrected chi connectivity index (χ1v) is 9.28. The van der Waals surface area contributed by atoms with E-state index in [-0.39, 0.29) is 11.8 Å². The molecule has 0 spiro atoms. The molecule has 0 saturated carbocycles. The van der Waals surface area contributed by atoms with Gasteiger partial charge in [-0.1, -0.05) is 12.1 Å². The van der Waals surface area contributed by atoms with Crippen molar-refractivity contribution in [2.24, 2.45) is 5.73 Å². The average molecular weight is 353 g/mol. The number of anilines is 1. The maximum Gasteiger partial charge on any atom is 0.124 e. The van der Waals surface area contributed by atoms with Gasteiger partial charge in [-0.05, 0) is 43.7 Å². The van der Waals surface area contributed by atoms with Crippen molar-refractivity contribution < 1.29 is 5.11 Å². The van der Waals surface area contributed by atoms with Crippen LogP contribution in [0.2, 0.25) is 0 Å². The highest BCUT2D eigenvalue weighted by molar-refractivity contribution is 5.86. The van der Waals surface area contributed by atoms with Crippen LogP contribution in [0.4, 0.5) is 5.82 Å². The Hall–Kier alpha value is -2.44. The molecule has 3 heterocycles. The Morgan fingerprint density at radius 2 is 2.15 bits per heavy atom. The van der Waals surface area contributed by atoms with E-state index >= 15 is 0 Å². The number of nitrogens with two attached hydrogens (primary N) is 2. The van der Waals surface area contributed by atoms with Crippen LogP contribution in [-0.2, 0) is 6.42 Å². The molecule has 0 aliphatic carbocycles. The Morgan fingerprint density at radius 3 is 2.88 bits per heavy atom. The monoisotopic (exact) mass is 353 g/mol. The third kappa shape index (κ3) is 2.85. The summed E-state index contributed by atoms with van der Waals surface area (Å²) in [6, 6.07) is 7.96. The number of phenols is 1. The number of fused-ring (bicyclic) bond motifs is 1. The van der Waals surface area contributed by atoms with E-state index in [1.54, 1.807) is 12.1 Å². The van der Waals surface area contributed by atoms with E-state index < -0.39 is 0 Å². The van der Waals surface area contributed by atoms with Gasteiger partial charge < -0.3 is 26.9 Å². The molecule has 2 atom stereocenters. The first-order valence-electron chi connectivity index (χ1n) is 9.28. The smallest absolute Gasteiger partial charge is 0.124 e. The van der Waals surface area contributed by atoms with Gasteiger partial charge in [-0.2, -0.15) is 0 Å². The summed E-state index contributed by atoms with van der Waals surface area (Å²) in [5, 5.41) is 13.5. The number of aromatic hydroxyl groups is 1. The fourth-order valence-corrected chi connectivity index (χ4v) is 4.41. The lowest BCUT2D eigenvalue weighted by Gasteiger charge is -2.38.